The van der Waals surface area contributed by atoms with Gasteiger partial charge in [-0.3, -0.25) is 4.79 Å². The van der Waals surface area contributed by atoms with Gasteiger partial charge in [0.2, 0.25) is 5.91 Å². The van der Waals surface area contributed by atoms with Crippen LogP contribution in [0.25, 0.3) is 0 Å². The third-order valence-corrected chi connectivity index (χ3v) is 11.2. The number of nitrogens with two attached hydrogens (primary N) is 6. The Morgan fingerprint density at radius 2 is 0.703 bits per heavy atom. The van der Waals surface area contributed by atoms with Crippen LogP contribution in [-0.4, -0.2) is 276 Å². The molecule has 3 heterocycles. The van der Waals surface area contributed by atoms with E-state index in [1.165, 1.54) is 0 Å². The predicted octanol–water partition coefficient (Wildman–Crippen LogP) is -3.39. The maximum atomic E-state index is 12.6. The highest BCUT2D eigenvalue weighted by Crippen LogP contribution is 2.35. The summed E-state index contributed by atoms with van der Waals surface area (Å²) in [5, 5.41) is 110. The van der Waals surface area contributed by atoms with E-state index in [0.717, 1.165) is 12.8 Å². The minimum Gasteiger partial charge on any atom is -0.475 e. The lowest BCUT2D eigenvalue weighted by atomic mass is 9.84. The van der Waals surface area contributed by atoms with Crippen molar-refractivity contribution < 1.29 is 202 Å². The fourth-order valence-corrected chi connectivity index (χ4v) is 6.60. The van der Waals surface area contributed by atoms with Crippen LogP contribution < -0.4 is 39.7 Å². The maximum Gasteiger partial charge on any atom is 0.490 e. The van der Waals surface area contributed by atoms with Crippen molar-refractivity contribution in [3.8, 4) is 0 Å². The molecule has 19 unspecified atom stereocenters. The van der Waals surface area contributed by atoms with Gasteiger partial charge in [0, 0.05) is 38.1 Å². The number of unbranched alkanes of at least 4 members (excludes halogenated alkanes) is 2. The highest BCUT2D eigenvalue weighted by Gasteiger charge is 2.55. The van der Waals surface area contributed by atoms with E-state index < -0.39 is 189 Å². The fourth-order valence-electron chi connectivity index (χ4n) is 6.60. The number of aliphatic hydroxyl groups is 6. The number of hydrogen-bond donors (Lipinski definition) is 19. The summed E-state index contributed by atoms with van der Waals surface area (Å²) in [7, 11) is 0. The molecule has 4 fully saturated rings. The van der Waals surface area contributed by atoms with E-state index in [1.54, 1.807) is 0 Å². The number of alkyl halides is 18. The first kappa shape index (κ1) is 89.5. The van der Waals surface area contributed by atoms with Gasteiger partial charge >= 0.3 is 72.9 Å². The Hall–Kier alpha value is -5.69. The summed E-state index contributed by atoms with van der Waals surface area (Å²) in [5.74, 6) is -16.8. The molecule has 50 heteroatoms. The third-order valence-electron chi connectivity index (χ3n) is 11.2. The molecule has 0 bridgehead atoms. The van der Waals surface area contributed by atoms with Gasteiger partial charge in [0.25, 0.3) is 0 Å². The molecular weight excluding hydrogens is 1330 g/mol. The number of nitrogens with one attached hydrogen (secondary N) is 1. The van der Waals surface area contributed by atoms with Crippen molar-refractivity contribution in [1.82, 2.24) is 5.32 Å². The second kappa shape index (κ2) is 38.5. The molecule has 4 rings (SSSR count). The van der Waals surface area contributed by atoms with Gasteiger partial charge in [-0.2, -0.15) is 79.0 Å². The van der Waals surface area contributed by atoms with Crippen LogP contribution in [0.3, 0.4) is 0 Å². The third kappa shape index (κ3) is 32.6. The molecule has 0 aromatic heterocycles. The van der Waals surface area contributed by atoms with Crippen molar-refractivity contribution in [1.29, 1.82) is 0 Å². The van der Waals surface area contributed by atoms with E-state index in [1.807, 2.05) is 6.92 Å². The van der Waals surface area contributed by atoms with Crippen LogP contribution >= 0.6 is 0 Å². The van der Waals surface area contributed by atoms with E-state index in [-0.39, 0.29) is 38.4 Å². The molecule has 1 amide bonds. The number of amides is 1. The number of carbonyl (C=O) groups excluding carboxylic acids is 1. The molecule has 1 saturated carbocycles. The average Bonchev–Trinajstić information content (AvgIpc) is 1.79. The maximum absolute atomic E-state index is 12.6. The SMILES string of the molecule is CCCCCC(=O)NCC1OC(OC2C(O)C(N)CC(N)C2OC2OC(CN)C(O)C(O)C2N)C(O)C1OC1OC(CN)C(O)C(O)C1N.O=C(O)C(F)(F)F.O=C(O)C(F)(F)F.O=C(O)C(F)(F)F.O=C(O)C(F)(F)F.O=C(O)C(F)(F)F.O=C(O)C(F)(F)F. The first-order chi connectivity index (χ1) is 40.9. The molecule has 25 N–H and O–H groups in total. The van der Waals surface area contributed by atoms with Crippen LogP contribution in [0.1, 0.15) is 39.0 Å². The lowest BCUT2D eigenvalue weighted by Crippen LogP contribution is -2.68. The van der Waals surface area contributed by atoms with Gasteiger partial charge in [-0.25, -0.2) is 28.8 Å². The van der Waals surface area contributed by atoms with E-state index in [4.69, 9.17) is 122 Å². The van der Waals surface area contributed by atoms with Crippen LogP contribution in [-0.2, 0) is 62.0 Å². The van der Waals surface area contributed by atoms with Crippen molar-refractivity contribution in [3.63, 3.8) is 0 Å². The lowest BCUT2D eigenvalue weighted by Gasteiger charge is -2.47. The van der Waals surface area contributed by atoms with Crippen molar-refractivity contribution in [2.45, 2.75) is 192 Å². The van der Waals surface area contributed by atoms with Gasteiger partial charge in [0.15, 0.2) is 18.9 Å². The van der Waals surface area contributed by atoms with E-state index in [2.05, 4.69) is 5.32 Å². The van der Waals surface area contributed by atoms with Crippen molar-refractivity contribution in [3.05, 3.63) is 0 Å². The van der Waals surface area contributed by atoms with E-state index >= 15 is 0 Å². The Balaban J connectivity index is -0.00000147. The normalized spacial score (nSPS) is 30.9. The Labute approximate surface area is 495 Å². The minimum atomic E-state index is -5.08. The number of halogens is 18. The van der Waals surface area contributed by atoms with E-state index in [9.17, 15) is 114 Å². The van der Waals surface area contributed by atoms with Crippen LogP contribution in [0.4, 0.5) is 79.0 Å². The number of carbonyl (C=O) groups is 7. The largest absolute Gasteiger partial charge is 0.490 e. The molecule has 32 nitrogen and oxygen atoms in total. The number of hydrogen-bond acceptors (Lipinski definition) is 25. The summed E-state index contributed by atoms with van der Waals surface area (Å²) >= 11 is 0. The summed E-state index contributed by atoms with van der Waals surface area (Å²) in [6.45, 7) is 1.54. The van der Waals surface area contributed by atoms with Crippen molar-refractivity contribution >= 4 is 41.7 Å². The number of aliphatic hydroxyl groups excluding tert-OH is 6. The summed E-state index contributed by atoms with van der Waals surface area (Å²) in [6.07, 6.45) is -47.6. The predicted molar refractivity (Wildman–Crippen MR) is 251 cm³/mol. The Kier molecular flexibility index (Phi) is 37.9. The fraction of sp³-hybridized carbons (Fsp3) is 0.829. The highest BCUT2D eigenvalue weighted by atomic mass is 19.4. The highest BCUT2D eigenvalue weighted by molar-refractivity contribution is 5.76. The summed E-state index contributed by atoms with van der Waals surface area (Å²) < 4.78 is 226. The Morgan fingerprint density at radius 1 is 0.418 bits per heavy atom. The van der Waals surface area contributed by atoms with Gasteiger partial charge in [-0.05, 0) is 12.8 Å². The molecule has 0 aromatic rings. The number of ether oxygens (including phenoxy) is 6. The zero-order chi connectivity index (χ0) is 72.6. The lowest BCUT2D eigenvalue weighted by molar-refractivity contribution is -0.306. The zero-order valence-corrected chi connectivity index (χ0v) is 45.6. The Bertz CT molecular complexity index is 2060. The molecule has 0 aromatic carbocycles. The topological polar surface area (TPSA) is 586 Å². The number of aliphatic carboxylic acids is 6. The molecule has 3 saturated heterocycles. The van der Waals surface area contributed by atoms with Crippen LogP contribution in [0.2, 0.25) is 0 Å². The average molecular weight is 1400 g/mol. The smallest absolute Gasteiger partial charge is 0.475 e. The number of carboxylic acids is 6. The zero-order valence-electron chi connectivity index (χ0n) is 45.6. The second-order valence-electron chi connectivity index (χ2n) is 18.1. The van der Waals surface area contributed by atoms with Crippen LogP contribution in [0.5, 0.6) is 0 Å². The summed E-state index contributed by atoms with van der Waals surface area (Å²) in [6, 6.07) is -4.24. The molecule has 91 heavy (non-hydrogen) atoms. The number of rotatable bonds is 14. The van der Waals surface area contributed by atoms with Crippen LogP contribution in [0.15, 0.2) is 0 Å². The first-order valence-corrected chi connectivity index (χ1v) is 24.4. The van der Waals surface area contributed by atoms with Crippen molar-refractivity contribution in [2.75, 3.05) is 19.6 Å². The number of carboxylic acid groups (broad SMARTS) is 6. The second-order valence-corrected chi connectivity index (χ2v) is 18.1. The van der Waals surface area contributed by atoms with Gasteiger partial charge in [-0.1, -0.05) is 19.8 Å². The Morgan fingerprint density at radius 3 is 0.989 bits per heavy atom. The standard InChI is InChI=1S/C29H57N7O13.6C2HF3O2/c1-2-3-4-5-15(37)36-9-14-25(48-28-17(35)22(42)20(40)13(8-31)45-28)23(43)29(46-14)49-26-18(38)10(32)6-11(33)24(26)47-27-16(34)21(41)19(39)12(7-30)44-27;6*3-2(4,5)1(6)7/h10-14,16-29,38-43H,2-9,30-35H2,1H3,(H,36,37);6*(H,6,7). The molecule has 1 aliphatic carbocycles. The van der Waals surface area contributed by atoms with Crippen LogP contribution in [0, 0.1) is 0 Å². The molecule has 0 spiro atoms. The van der Waals surface area contributed by atoms with Gasteiger partial charge in [0.1, 0.15) is 67.1 Å². The van der Waals surface area contributed by atoms with Crippen molar-refractivity contribution in [2.24, 2.45) is 34.4 Å². The van der Waals surface area contributed by atoms with Gasteiger partial charge in [-0.15, -0.1) is 0 Å². The first-order valence-electron chi connectivity index (χ1n) is 24.4. The molecule has 0 radical (unpaired) electrons. The van der Waals surface area contributed by atoms with E-state index in [0.29, 0.717) is 6.42 Å². The van der Waals surface area contributed by atoms with Gasteiger partial charge in [0.05, 0.1) is 18.2 Å². The minimum absolute atomic E-state index is 0.0824. The molecule has 4 aliphatic rings. The molecule has 538 valence electrons. The summed E-state index contributed by atoms with van der Waals surface area (Å²) in [4.78, 5) is 65.9. The molecule has 19 atom stereocenters. The molecular formula is C41H63F18N7O25. The summed E-state index contributed by atoms with van der Waals surface area (Å²) in [5.41, 5.74) is 36.2. The molecule has 3 aliphatic heterocycles. The van der Waals surface area contributed by atoms with Gasteiger partial charge < -0.3 is 129 Å². The monoisotopic (exact) mass is 1400 g/mol. The quantitative estimate of drug-likeness (QED) is 0.0596.